The molecular weight excluding hydrogens is 410 g/mol. The number of anilines is 1. The summed E-state index contributed by atoms with van der Waals surface area (Å²) < 4.78 is 11.1. The normalized spacial score (nSPS) is 18.6. The Balaban J connectivity index is 1.60. The van der Waals surface area contributed by atoms with E-state index in [-0.39, 0.29) is 22.7 Å². The zero-order valence-electron chi connectivity index (χ0n) is 19.3. The van der Waals surface area contributed by atoms with Crippen LogP contribution in [-0.4, -0.2) is 42.8 Å². The quantitative estimate of drug-likeness (QED) is 0.294. The van der Waals surface area contributed by atoms with Gasteiger partial charge in [-0.1, -0.05) is 19.9 Å². The molecule has 0 bridgehead atoms. The summed E-state index contributed by atoms with van der Waals surface area (Å²) in [5.41, 5.74) is 1.37. The molecule has 1 saturated carbocycles. The molecule has 2 fully saturated rings. The van der Waals surface area contributed by atoms with Crippen molar-refractivity contribution in [3.05, 3.63) is 33.9 Å². The van der Waals surface area contributed by atoms with Crippen molar-refractivity contribution < 1.29 is 19.2 Å². The van der Waals surface area contributed by atoms with Crippen molar-refractivity contribution in [2.45, 2.75) is 77.5 Å². The van der Waals surface area contributed by atoms with Gasteiger partial charge >= 0.3 is 5.97 Å². The van der Waals surface area contributed by atoms with Crippen LogP contribution in [0.25, 0.3) is 0 Å². The summed E-state index contributed by atoms with van der Waals surface area (Å²) >= 11 is 0. The minimum Gasteiger partial charge on any atom is -0.461 e. The molecule has 0 unspecified atom stereocenters. The number of nitrogens with zero attached hydrogens (tertiary/aromatic N) is 1. The smallest absolute Gasteiger partial charge is 0.323 e. The van der Waals surface area contributed by atoms with Crippen LogP contribution >= 0.6 is 0 Å². The third kappa shape index (κ3) is 7.45. The zero-order chi connectivity index (χ0) is 22.9. The number of benzene rings is 1. The van der Waals surface area contributed by atoms with Crippen molar-refractivity contribution in [3.63, 3.8) is 0 Å². The zero-order valence-corrected chi connectivity index (χ0v) is 19.3. The highest BCUT2D eigenvalue weighted by Gasteiger charge is 2.26. The number of carbonyl (C=O) groups is 1. The summed E-state index contributed by atoms with van der Waals surface area (Å²) in [6.07, 6.45) is 6.73. The summed E-state index contributed by atoms with van der Waals surface area (Å²) in [7, 11) is 0. The third-order valence-corrected chi connectivity index (χ3v) is 6.31. The number of nitro benzene ring substituents is 1. The lowest BCUT2D eigenvalue weighted by Crippen LogP contribution is -2.40. The maximum atomic E-state index is 12.7. The molecule has 178 valence electrons. The van der Waals surface area contributed by atoms with Gasteiger partial charge in [0, 0.05) is 32.4 Å². The Bertz CT molecular complexity index is 758. The second-order valence-corrected chi connectivity index (χ2v) is 9.45. The van der Waals surface area contributed by atoms with Crippen LogP contribution in [0.5, 0.6) is 0 Å². The fourth-order valence-electron chi connectivity index (χ4n) is 4.42. The summed E-state index contributed by atoms with van der Waals surface area (Å²) in [5, 5.41) is 18.2. The first-order chi connectivity index (χ1) is 15.4. The molecule has 32 heavy (non-hydrogen) atoms. The Kier molecular flexibility index (Phi) is 9.29. The van der Waals surface area contributed by atoms with Crippen molar-refractivity contribution in [1.29, 1.82) is 0 Å². The minimum absolute atomic E-state index is 0.0288. The number of ether oxygens (including phenoxy) is 2. The highest BCUT2D eigenvalue weighted by atomic mass is 16.6. The van der Waals surface area contributed by atoms with Crippen molar-refractivity contribution in [3.8, 4) is 0 Å². The molecule has 1 aliphatic heterocycles. The Morgan fingerprint density at radius 1 is 1.22 bits per heavy atom. The van der Waals surface area contributed by atoms with Crippen LogP contribution < -0.4 is 10.6 Å². The molecule has 1 atom stereocenters. The number of nitro groups is 1. The number of rotatable bonds is 11. The van der Waals surface area contributed by atoms with Crippen LogP contribution in [0.15, 0.2) is 18.2 Å². The molecule has 8 nitrogen and oxygen atoms in total. The molecular formula is C24H37N3O5. The number of hydrogen-bond donors (Lipinski definition) is 2. The average Bonchev–Trinajstić information content (AvgIpc) is 3.28. The van der Waals surface area contributed by atoms with Gasteiger partial charge in [-0.25, -0.2) is 0 Å². The van der Waals surface area contributed by atoms with Crippen LogP contribution in [0.1, 0.15) is 64.4 Å². The van der Waals surface area contributed by atoms with Gasteiger partial charge in [-0.15, -0.1) is 0 Å². The Morgan fingerprint density at radius 2 is 1.94 bits per heavy atom. The molecule has 3 rings (SSSR count). The van der Waals surface area contributed by atoms with Gasteiger partial charge < -0.3 is 20.1 Å². The van der Waals surface area contributed by atoms with Crippen LogP contribution in [-0.2, 0) is 20.8 Å². The molecule has 2 aliphatic rings. The number of hydrogen-bond acceptors (Lipinski definition) is 7. The number of nitrogens with one attached hydrogen (secondary N) is 2. The van der Waals surface area contributed by atoms with Gasteiger partial charge in [0.1, 0.15) is 17.8 Å². The molecule has 1 heterocycles. The van der Waals surface area contributed by atoms with E-state index < -0.39 is 6.04 Å². The van der Waals surface area contributed by atoms with Crippen molar-refractivity contribution in [1.82, 2.24) is 5.32 Å². The molecule has 0 amide bonds. The van der Waals surface area contributed by atoms with Gasteiger partial charge in [-0.2, -0.15) is 0 Å². The topological polar surface area (TPSA) is 103 Å². The third-order valence-electron chi connectivity index (χ3n) is 6.31. The summed E-state index contributed by atoms with van der Waals surface area (Å²) in [6, 6.07) is 4.82. The molecule has 2 N–H and O–H groups in total. The first kappa shape index (κ1) is 24.5. The Morgan fingerprint density at radius 3 is 2.59 bits per heavy atom. The van der Waals surface area contributed by atoms with Crippen molar-refractivity contribution in [2.24, 2.45) is 11.8 Å². The van der Waals surface area contributed by atoms with E-state index in [0.717, 1.165) is 57.3 Å². The Labute approximate surface area is 190 Å². The Hall–Kier alpha value is -2.19. The average molecular weight is 448 g/mol. The molecule has 1 saturated heterocycles. The maximum absolute atomic E-state index is 12.7. The van der Waals surface area contributed by atoms with E-state index in [2.05, 4.69) is 24.5 Å². The lowest BCUT2D eigenvalue weighted by molar-refractivity contribution is -0.384. The molecule has 1 aliphatic carbocycles. The van der Waals surface area contributed by atoms with Crippen LogP contribution in [0.4, 0.5) is 11.4 Å². The van der Waals surface area contributed by atoms with E-state index >= 15 is 0 Å². The van der Waals surface area contributed by atoms with Gasteiger partial charge in [0.2, 0.25) is 0 Å². The summed E-state index contributed by atoms with van der Waals surface area (Å²) in [5.74, 6) is 0.581. The van der Waals surface area contributed by atoms with Crippen molar-refractivity contribution >= 4 is 17.3 Å². The van der Waals surface area contributed by atoms with E-state index in [9.17, 15) is 14.9 Å². The highest BCUT2D eigenvalue weighted by Crippen LogP contribution is 2.27. The number of esters is 1. The van der Waals surface area contributed by atoms with E-state index in [1.807, 2.05) is 6.07 Å². The van der Waals surface area contributed by atoms with Crippen LogP contribution in [0, 0.1) is 22.0 Å². The first-order valence-electron chi connectivity index (χ1n) is 11.9. The van der Waals surface area contributed by atoms with Crippen LogP contribution in [0.3, 0.4) is 0 Å². The number of carbonyl (C=O) groups excluding carboxylic acids is 1. The lowest BCUT2D eigenvalue weighted by atomic mass is 10.0. The van der Waals surface area contributed by atoms with Gasteiger partial charge in [0.05, 0.1) is 4.92 Å². The molecule has 1 aromatic rings. The first-order valence-corrected chi connectivity index (χ1v) is 11.9. The second kappa shape index (κ2) is 12.2. The van der Waals surface area contributed by atoms with Crippen molar-refractivity contribution in [2.75, 3.05) is 25.1 Å². The predicted molar refractivity (Wildman–Crippen MR) is 124 cm³/mol. The van der Waals surface area contributed by atoms with Gasteiger partial charge in [0.25, 0.3) is 5.69 Å². The fraction of sp³-hybridized carbons (Fsp3) is 0.708. The molecule has 0 aromatic heterocycles. The minimum atomic E-state index is -0.416. The van der Waals surface area contributed by atoms with E-state index in [0.29, 0.717) is 37.0 Å². The maximum Gasteiger partial charge on any atom is 0.323 e. The van der Waals surface area contributed by atoms with Crippen LogP contribution in [0.2, 0.25) is 0 Å². The standard InChI is InChI=1S/C24H37N3O5/c1-17(2)13-22(24(28)32-20-5-3-4-6-20)26-16-19-7-8-21(23(14-19)27(29)30)25-15-18-9-11-31-12-10-18/h7-8,14,17-18,20,22,25-26H,3-6,9-13,15-16H2,1-2H3/t22-/m0/s1. The van der Waals surface area contributed by atoms with E-state index in [1.165, 1.54) is 0 Å². The molecule has 1 aromatic carbocycles. The van der Waals surface area contributed by atoms with Gasteiger partial charge in [-0.05, 0) is 68.4 Å². The lowest BCUT2D eigenvalue weighted by Gasteiger charge is -2.23. The summed E-state index contributed by atoms with van der Waals surface area (Å²) in [6.45, 7) is 6.71. The second-order valence-electron chi connectivity index (χ2n) is 9.45. The van der Waals surface area contributed by atoms with E-state index in [4.69, 9.17) is 9.47 Å². The predicted octanol–water partition coefficient (Wildman–Crippen LogP) is 4.42. The highest BCUT2D eigenvalue weighted by molar-refractivity contribution is 5.76. The fourth-order valence-corrected chi connectivity index (χ4v) is 4.42. The largest absolute Gasteiger partial charge is 0.461 e. The monoisotopic (exact) mass is 447 g/mol. The molecule has 8 heteroatoms. The van der Waals surface area contributed by atoms with E-state index in [1.54, 1.807) is 12.1 Å². The van der Waals surface area contributed by atoms with Gasteiger partial charge in [-0.3, -0.25) is 14.9 Å². The van der Waals surface area contributed by atoms with Gasteiger partial charge in [0.15, 0.2) is 0 Å². The molecule has 0 radical (unpaired) electrons. The SMILES string of the molecule is CC(C)C[C@H](NCc1ccc(NCC2CCOCC2)c([N+](=O)[O-])c1)C(=O)OC1CCCC1. The molecule has 0 spiro atoms. The summed E-state index contributed by atoms with van der Waals surface area (Å²) in [4.78, 5) is 24.0.